The molecule has 0 amide bonds. The zero-order valence-electron chi connectivity index (χ0n) is 11.8. The lowest BCUT2D eigenvalue weighted by molar-refractivity contribution is 0.230. The Morgan fingerprint density at radius 1 is 1.21 bits per heavy atom. The third-order valence-electron chi connectivity index (χ3n) is 3.59. The molecule has 0 atom stereocenters. The monoisotopic (exact) mass is 266 g/mol. The summed E-state index contributed by atoms with van der Waals surface area (Å²) < 4.78 is 13.7. The summed E-state index contributed by atoms with van der Waals surface area (Å²) >= 11 is 0. The molecule has 1 heterocycles. The molecule has 0 spiro atoms. The van der Waals surface area contributed by atoms with Crippen molar-refractivity contribution in [3.63, 3.8) is 0 Å². The summed E-state index contributed by atoms with van der Waals surface area (Å²) in [6.45, 7) is 9.11. The smallest absolute Gasteiger partial charge is 0.130 e. The highest BCUT2D eigenvalue weighted by atomic mass is 19.1. The van der Waals surface area contributed by atoms with Gasteiger partial charge in [0.1, 0.15) is 5.82 Å². The zero-order chi connectivity index (χ0) is 13.8. The first-order valence-electron chi connectivity index (χ1n) is 6.97. The molecule has 1 aromatic rings. The molecule has 0 radical (unpaired) electrons. The molecule has 0 unspecified atom stereocenters. The second kappa shape index (κ2) is 6.35. The van der Waals surface area contributed by atoms with Crippen molar-refractivity contribution in [2.45, 2.75) is 20.5 Å². The van der Waals surface area contributed by atoms with Gasteiger partial charge in [-0.1, -0.05) is 19.9 Å². The van der Waals surface area contributed by atoms with Crippen LogP contribution in [0.15, 0.2) is 18.2 Å². The summed E-state index contributed by atoms with van der Waals surface area (Å²) in [5.74, 6) is 0.360. The number of benzene rings is 1. The van der Waals surface area contributed by atoms with Crippen LogP contribution >= 0.6 is 0 Å². The highest BCUT2D eigenvalue weighted by Gasteiger charge is 2.20. The number of nitrogens with zero attached hydrogens (tertiary/aromatic N) is 2. The Hall–Kier alpha value is -1.13. The average Bonchev–Trinajstić information content (AvgIpc) is 2.38. The molecule has 0 saturated carbocycles. The molecule has 19 heavy (non-hydrogen) atoms. The van der Waals surface area contributed by atoms with E-state index in [1.54, 1.807) is 6.07 Å². The molecule has 1 aromatic carbocycles. The first kappa shape index (κ1) is 14.3. The van der Waals surface area contributed by atoms with Crippen LogP contribution in [0.5, 0.6) is 0 Å². The fourth-order valence-electron chi connectivity index (χ4n) is 2.69. The minimum Gasteiger partial charge on any atom is -0.391 e. The van der Waals surface area contributed by atoms with Crippen molar-refractivity contribution in [2.75, 3.05) is 37.6 Å². The second-order valence-electron chi connectivity index (χ2n) is 5.58. The van der Waals surface area contributed by atoms with Crippen LogP contribution in [0.1, 0.15) is 19.4 Å². The van der Waals surface area contributed by atoms with Gasteiger partial charge in [-0.2, -0.15) is 0 Å². The minimum atomic E-state index is -0.315. The topological polar surface area (TPSA) is 26.7 Å². The highest BCUT2D eigenvalue weighted by Crippen LogP contribution is 2.24. The van der Waals surface area contributed by atoms with E-state index in [2.05, 4.69) is 23.6 Å². The molecular weight excluding hydrogens is 243 g/mol. The van der Waals surface area contributed by atoms with E-state index in [4.69, 9.17) is 0 Å². The molecule has 1 N–H and O–H groups in total. The third kappa shape index (κ3) is 3.45. The lowest BCUT2D eigenvalue weighted by atomic mass is 10.1. The maximum Gasteiger partial charge on any atom is 0.130 e. The molecule has 1 fully saturated rings. The predicted molar refractivity (Wildman–Crippen MR) is 75.8 cm³/mol. The number of anilines is 1. The quantitative estimate of drug-likeness (QED) is 0.904. The summed E-state index contributed by atoms with van der Waals surface area (Å²) in [4.78, 5) is 4.62. The van der Waals surface area contributed by atoms with E-state index < -0.39 is 0 Å². The van der Waals surface area contributed by atoms with E-state index >= 15 is 0 Å². The molecule has 1 saturated heterocycles. The minimum absolute atomic E-state index is 0.242. The molecule has 106 valence electrons. The van der Waals surface area contributed by atoms with Crippen LogP contribution in [0.2, 0.25) is 0 Å². The predicted octanol–water partition coefficient (Wildman–Crippen LogP) is 2.10. The Morgan fingerprint density at radius 3 is 2.47 bits per heavy atom. The number of hydrogen-bond donors (Lipinski definition) is 1. The van der Waals surface area contributed by atoms with Crippen molar-refractivity contribution in [3.05, 3.63) is 29.6 Å². The number of hydrogen-bond acceptors (Lipinski definition) is 3. The molecule has 3 nitrogen and oxygen atoms in total. The molecule has 1 aliphatic rings. The van der Waals surface area contributed by atoms with Gasteiger partial charge in [-0.25, -0.2) is 4.39 Å². The molecule has 0 bridgehead atoms. The first-order chi connectivity index (χ1) is 9.11. The van der Waals surface area contributed by atoms with E-state index in [0.717, 1.165) is 38.4 Å². The number of piperazine rings is 1. The summed E-state index contributed by atoms with van der Waals surface area (Å²) in [6, 6.07) is 5.02. The Bertz CT molecular complexity index is 415. The molecule has 0 aliphatic carbocycles. The summed E-state index contributed by atoms with van der Waals surface area (Å²) in [7, 11) is 0. The van der Waals surface area contributed by atoms with Crippen molar-refractivity contribution in [1.82, 2.24) is 4.90 Å². The van der Waals surface area contributed by atoms with E-state index in [1.807, 2.05) is 6.07 Å². The third-order valence-corrected chi connectivity index (χ3v) is 3.59. The van der Waals surface area contributed by atoms with Gasteiger partial charge in [-0.3, -0.25) is 4.90 Å². The summed E-state index contributed by atoms with van der Waals surface area (Å²) in [5.41, 5.74) is 1.26. The van der Waals surface area contributed by atoms with Crippen molar-refractivity contribution in [3.8, 4) is 0 Å². The molecule has 1 aliphatic heterocycles. The van der Waals surface area contributed by atoms with Gasteiger partial charge in [0, 0.05) is 44.0 Å². The van der Waals surface area contributed by atoms with Gasteiger partial charge in [0.15, 0.2) is 0 Å². The number of aliphatic hydroxyl groups excluding tert-OH is 1. The van der Waals surface area contributed by atoms with Crippen molar-refractivity contribution in [1.29, 1.82) is 0 Å². The first-order valence-corrected chi connectivity index (χ1v) is 6.97. The molecule has 0 aromatic heterocycles. The van der Waals surface area contributed by atoms with Gasteiger partial charge < -0.3 is 10.0 Å². The van der Waals surface area contributed by atoms with E-state index in [1.165, 1.54) is 6.07 Å². The Labute approximate surface area is 114 Å². The second-order valence-corrected chi connectivity index (χ2v) is 5.58. The Balaban J connectivity index is 2.03. The molecular formula is C15H23FN2O. The molecule has 4 heteroatoms. The van der Waals surface area contributed by atoms with Crippen LogP contribution < -0.4 is 4.90 Å². The normalized spacial score (nSPS) is 17.2. The van der Waals surface area contributed by atoms with E-state index in [9.17, 15) is 9.50 Å². The largest absolute Gasteiger partial charge is 0.391 e. The highest BCUT2D eigenvalue weighted by molar-refractivity contribution is 5.54. The van der Waals surface area contributed by atoms with Crippen LogP contribution in [-0.2, 0) is 6.61 Å². The summed E-state index contributed by atoms with van der Waals surface area (Å²) in [6.07, 6.45) is 0. The fourth-order valence-corrected chi connectivity index (χ4v) is 2.69. The van der Waals surface area contributed by atoms with Crippen LogP contribution in [0.4, 0.5) is 10.1 Å². The van der Waals surface area contributed by atoms with Gasteiger partial charge in [-0.05, 0) is 18.1 Å². The van der Waals surface area contributed by atoms with Gasteiger partial charge in [0.05, 0.1) is 6.61 Å². The van der Waals surface area contributed by atoms with Gasteiger partial charge in [0.2, 0.25) is 0 Å². The van der Waals surface area contributed by atoms with E-state index in [-0.39, 0.29) is 12.4 Å². The van der Waals surface area contributed by atoms with Crippen LogP contribution in [-0.4, -0.2) is 42.7 Å². The van der Waals surface area contributed by atoms with Gasteiger partial charge in [-0.15, -0.1) is 0 Å². The van der Waals surface area contributed by atoms with Gasteiger partial charge in [0.25, 0.3) is 0 Å². The van der Waals surface area contributed by atoms with E-state index in [0.29, 0.717) is 11.5 Å². The van der Waals surface area contributed by atoms with Crippen LogP contribution in [0, 0.1) is 11.7 Å². The lowest BCUT2D eigenvalue weighted by Gasteiger charge is -2.37. The molecule has 2 rings (SSSR count). The SMILES string of the molecule is CC(C)CN1CCN(c2cccc(F)c2CO)CC1. The average molecular weight is 266 g/mol. The van der Waals surface area contributed by atoms with Gasteiger partial charge >= 0.3 is 0 Å². The van der Waals surface area contributed by atoms with Crippen LogP contribution in [0.25, 0.3) is 0 Å². The lowest BCUT2D eigenvalue weighted by Crippen LogP contribution is -2.47. The number of rotatable bonds is 4. The van der Waals surface area contributed by atoms with Crippen LogP contribution in [0.3, 0.4) is 0 Å². The number of aliphatic hydroxyl groups is 1. The number of halogens is 1. The van der Waals surface area contributed by atoms with Crippen molar-refractivity contribution in [2.24, 2.45) is 5.92 Å². The zero-order valence-corrected chi connectivity index (χ0v) is 11.8. The fraction of sp³-hybridized carbons (Fsp3) is 0.600. The maximum absolute atomic E-state index is 13.7. The van der Waals surface area contributed by atoms with Crippen molar-refractivity contribution < 1.29 is 9.50 Å². The Kier molecular flexibility index (Phi) is 4.77. The Morgan fingerprint density at radius 2 is 1.89 bits per heavy atom. The summed E-state index contributed by atoms with van der Waals surface area (Å²) in [5, 5.41) is 9.32. The van der Waals surface area contributed by atoms with Crippen molar-refractivity contribution >= 4 is 5.69 Å². The standard InChI is InChI=1S/C15H23FN2O/c1-12(2)10-17-6-8-18(9-7-17)15-5-3-4-14(16)13(15)11-19/h3-5,12,19H,6-11H2,1-2H3. The maximum atomic E-state index is 13.7.